The van der Waals surface area contributed by atoms with Crippen LogP contribution in [0.25, 0.3) is 0 Å². The van der Waals surface area contributed by atoms with Gasteiger partial charge in [-0.2, -0.15) is 0 Å². The van der Waals surface area contributed by atoms with Gasteiger partial charge in [0.25, 0.3) is 5.56 Å². The quantitative estimate of drug-likeness (QED) is 0.746. The van der Waals surface area contributed by atoms with Gasteiger partial charge in [-0.3, -0.25) is 4.79 Å². The van der Waals surface area contributed by atoms with Crippen LogP contribution in [0.3, 0.4) is 0 Å². The van der Waals surface area contributed by atoms with Crippen LogP contribution < -0.4 is 10.9 Å². The standard InChI is InChI=1S/C13H16N4O2/c18-13-10-8-19-5-3-11(10)16-12(17-13)7-14-6-9-2-1-4-15-9/h1-2,4,14-15H,3,5-8H2,(H,16,17,18). The summed E-state index contributed by atoms with van der Waals surface area (Å²) in [4.78, 5) is 22.3. The van der Waals surface area contributed by atoms with E-state index < -0.39 is 0 Å². The first-order valence-electron chi connectivity index (χ1n) is 6.34. The molecule has 0 aliphatic carbocycles. The predicted octanol–water partition coefficient (Wildman–Crippen LogP) is 0.460. The Hall–Kier alpha value is -1.92. The molecule has 100 valence electrons. The lowest BCUT2D eigenvalue weighted by Gasteiger charge is -2.15. The second-order valence-corrected chi connectivity index (χ2v) is 4.54. The molecule has 3 N–H and O–H groups in total. The van der Waals surface area contributed by atoms with E-state index in [1.165, 1.54) is 0 Å². The molecule has 0 bridgehead atoms. The number of nitrogens with one attached hydrogen (secondary N) is 3. The zero-order valence-corrected chi connectivity index (χ0v) is 10.5. The van der Waals surface area contributed by atoms with Crippen LogP contribution in [0.5, 0.6) is 0 Å². The summed E-state index contributed by atoms with van der Waals surface area (Å²) in [5.41, 5.74) is 2.56. The maximum absolute atomic E-state index is 11.9. The van der Waals surface area contributed by atoms with Crippen LogP contribution in [0.1, 0.15) is 22.8 Å². The molecular formula is C13H16N4O2. The fourth-order valence-electron chi connectivity index (χ4n) is 2.17. The Morgan fingerprint density at radius 3 is 3.21 bits per heavy atom. The average molecular weight is 260 g/mol. The Morgan fingerprint density at radius 1 is 1.42 bits per heavy atom. The van der Waals surface area contributed by atoms with Gasteiger partial charge in [-0.1, -0.05) is 0 Å². The molecule has 0 saturated carbocycles. The zero-order valence-electron chi connectivity index (χ0n) is 10.5. The zero-order chi connectivity index (χ0) is 13.1. The number of ether oxygens (including phenoxy) is 1. The third-order valence-corrected chi connectivity index (χ3v) is 3.15. The topological polar surface area (TPSA) is 82.8 Å². The van der Waals surface area contributed by atoms with Gasteiger partial charge >= 0.3 is 0 Å². The van der Waals surface area contributed by atoms with Crippen molar-refractivity contribution in [2.24, 2.45) is 0 Å². The molecule has 2 aromatic rings. The van der Waals surface area contributed by atoms with Crippen molar-refractivity contribution in [2.75, 3.05) is 6.61 Å². The minimum absolute atomic E-state index is 0.0821. The molecule has 0 aromatic carbocycles. The van der Waals surface area contributed by atoms with Crippen molar-refractivity contribution in [1.82, 2.24) is 20.3 Å². The number of hydrogen-bond donors (Lipinski definition) is 3. The largest absolute Gasteiger partial charge is 0.376 e. The summed E-state index contributed by atoms with van der Waals surface area (Å²) in [6.45, 7) is 2.27. The summed E-state index contributed by atoms with van der Waals surface area (Å²) in [5.74, 6) is 0.678. The van der Waals surface area contributed by atoms with Gasteiger partial charge in [0.15, 0.2) is 0 Å². The maximum Gasteiger partial charge on any atom is 0.256 e. The van der Waals surface area contributed by atoms with Gasteiger partial charge in [-0.15, -0.1) is 0 Å². The average Bonchev–Trinajstić information content (AvgIpc) is 2.92. The van der Waals surface area contributed by atoms with E-state index in [4.69, 9.17) is 4.74 Å². The number of aromatic nitrogens is 3. The van der Waals surface area contributed by atoms with Crippen molar-refractivity contribution in [3.63, 3.8) is 0 Å². The highest BCUT2D eigenvalue weighted by Crippen LogP contribution is 2.09. The second-order valence-electron chi connectivity index (χ2n) is 4.54. The van der Waals surface area contributed by atoms with Crippen LogP contribution in [0.4, 0.5) is 0 Å². The highest BCUT2D eigenvalue weighted by molar-refractivity contribution is 5.19. The van der Waals surface area contributed by atoms with Gasteiger partial charge in [-0.25, -0.2) is 4.98 Å². The molecule has 19 heavy (non-hydrogen) atoms. The lowest BCUT2D eigenvalue weighted by molar-refractivity contribution is 0.108. The smallest absolute Gasteiger partial charge is 0.256 e. The number of rotatable bonds is 4. The van der Waals surface area contributed by atoms with Crippen LogP contribution in [0.2, 0.25) is 0 Å². The number of fused-ring (bicyclic) bond motifs is 1. The minimum atomic E-state index is -0.0821. The van der Waals surface area contributed by atoms with E-state index in [9.17, 15) is 4.79 Å². The Bertz CT molecular complexity index is 604. The molecule has 1 aliphatic rings. The third-order valence-electron chi connectivity index (χ3n) is 3.15. The summed E-state index contributed by atoms with van der Waals surface area (Å²) in [6, 6.07) is 3.96. The number of nitrogens with zero attached hydrogens (tertiary/aromatic N) is 1. The van der Waals surface area contributed by atoms with E-state index in [1.54, 1.807) is 0 Å². The molecule has 0 spiro atoms. The number of hydrogen-bond acceptors (Lipinski definition) is 4. The van der Waals surface area contributed by atoms with Crippen LogP contribution in [-0.2, 0) is 30.9 Å². The van der Waals surface area contributed by atoms with Crippen LogP contribution in [0, 0.1) is 0 Å². The summed E-state index contributed by atoms with van der Waals surface area (Å²) in [5, 5.41) is 3.24. The molecule has 2 aromatic heterocycles. The normalized spacial score (nSPS) is 14.3. The molecule has 0 unspecified atom stereocenters. The van der Waals surface area contributed by atoms with Crippen LogP contribution in [0.15, 0.2) is 23.1 Å². The van der Waals surface area contributed by atoms with Crippen molar-refractivity contribution >= 4 is 0 Å². The molecule has 0 atom stereocenters. The maximum atomic E-state index is 11.9. The van der Waals surface area contributed by atoms with Crippen molar-refractivity contribution in [2.45, 2.75) is 26.1 Å². The molecule has 0 saturated heterocycles. The lowest BCUT2D eigenvalue weighted by atomic mass is 10.1. The molecule has 0 fully saturated rings. The number of aromatic amines is 2. The van der Waals surface area contributed by atoms with Gasteiger partial charge in [0.1, 0.15) is 5.82 Å². The Kier molecular flexibility index (Phi) is 3.43. The third kappa shape index (κ3) is 2.74. The number of H-pyrrole nitrogens is 2. The summed E-state index contributed by atoms with van der Waals surface area (Å²) >= 11 is 0. The molecule has 0 amide bonds. The van der Waals surface area contributed by atoms with Gasteiger partial charge in [0.2, 0.25) is 0 Å². The Balaban J connectivity index is 1.68. The van der Waals surface area contributed by atoms with Crippen molar-refractivity contribution < 1.29 is 4.74 Å². The molecule has 3 rings (SSSR count). The highest BCUT2D eigenvalue weighted by atomic mass is 16.5. The molecule has 1 aliphatic heterocycles. The first-order chi connectivity index (χ1) is 9.33. The van der Waals surface area contributed by atoms with Crippen molar-refractivity contribution in [3.8, 4) is 0 Å². The fourth-order valence-corrected chi connectivity index (χ4v) is 2.17. The van der Waals surface area contributed by atoms with E-state index in [1.807, 2.05) is 18.3 Å². The fraction of sp³-hybridized carbons (Fsp3) is 0.385. The van der Waals surface area contributed by atoms with Gasteiger partial charge < -0.3 is 20.0 Å². The molecule has 0 radical (unpaired) electrons. The summed E-state index contributed by atoms with van der Waals surface area (Å²) in [7, 11) is 0. The van der Waals surface area contributed by atoms with E-state index in [0.29, 0.717) is 37.6 Å². The van der Waals surface area contributed by atoms with Crippen molar-refractivity contribution in [1.29, 1.82) is 0 Å². The summed E-state index contributed by atoms with van der Waals surface area (Å²) < 4.78 is 5.27. The Morgan fingerprint density at radius 2 is 2.37 bits per heavy atom. The van der Waals surface area contributed by atoms with Crippen LogP contribution in [-0.4, -0.2) is 21.6 Å². The van der Waals surface area contributed by atoms with E-state index in [-0.39, 0.29) is 5.56 Å². The molecule has 3 heterocycles. The van der Waals surface area contributed by atoms with E-state index in [2.05, 4.69) is 20.3 Å². The molecule has 6 nitrogen and oxygen atoms in total. The minimum Gasteiger partial charge on any atom is -0.376 e. The Labute approximate surface area is 110 Å². The molecular weight excluding hydrogens is 244 g/mol. The highest BCUT2D eigenvalue weighted by Gasteiger charge is 2.15. The first-order valence-corrected chi connectivity index (χ1v) is 6.34. The van der Waals surface area contributed by atoms with Crippen LogP contribution >= 0.6 is 0 Å². The van der Waals surface area contributed by atoms with Crippen molar-refractivity contribution in [3.05, 3.63) is 51.5 Å². The first kappa shape index (κ1) is 12.1. The summed E-state index contributed by atoms with van der Waals surface area (Å²) in [6.07, 6.45) is 2.60. The second kappa shape index (κ2) is 5.38. The lowest BCUT2D eigenvalue weighted by Crippen LogP contribution is -2.27. The van der Waals surface area contributed by atoms with Gasteiger partial charge in [-0.05, 0) is 12.1 Å². The SMILES string of the molecule is O=c1[nH]c(CNCc2ccc[nH]2)nc2c1COCC2. The van der Waals surface area contributed by atoms with E-state index >= 15 is 0 Å². The van der Waals surface area contributed by atoms with E-state index in [0.717, 1.165) is 17.9 Å². The van der Waals surface area contributed by atoms with Gasteiger partial charge in [0, 0.05) is 24.9 Å². The molecule has 6 heteroatoms. The van der Waals surface area contributed by atoms with Gasteiger partial charge in [0.05, 0.1) is 31.0 Å². The predicted molar refractivity (Wildman–Crippen MR) is 69.6 cm³/mol. The monoisotopic (exact) mass is 260 g/mol.